The van der Waals surface area contributed by atoms with Crippen molar-refractivity contribution in [2.45, 2.75) is 13.3 Å². The van der Waals surface area contributed by atoms with Gasteiger partial charge in [-0.05, 0) is 43.3 Å². The smallest absolute Gasteiger partial charge is 0.256 e. The Hall–Kier alpha value is -2.93. The number of amides is 1. The average Bonchev–Trinajstić information content (AvgIpc) is 3.16. The number of rotatable bonds is 4. The van der Waals surface area contributed by atoms with Crippen molar-refractivity contribution in [1.82, 2.24) is 4.98 Å². The molecule has 0 bridgehead atoms. The molecule has 1 fully saturated rings. The van der Waals surface area contributed by atoms with E-state index in [0.29, 0.717) is 11.4 Å². The minimum atomic E-state index is -0.172. The van der Waals surface area contributed by atoms with E-state index in [1.807, 2.05) is 48.3 Å². The van der Waals surface area contributed by atoms with Crippen LogP contribution in [0.1, 0.15) is 23.7 Å². The minimum Gasteiger partial charge on any atom is -0.378 e. The summed E-state index contributed by atoms with van der Waals surface area (Å²) in [6, 6.07) is 11.3. The Morgan fingerprint density at radius 1 is 1.04 bits per heavy atom. The van der Waals surface area contributed by atoms with Crippen LogP contribution in [0.25, 0.3) is 0 Å². The first-order chi connectivity index (χ1) is 13.2. The summed E-state index contributed by atoms with van der Waals surface area (Å²) in [5.74, 6) is 0.370. The van der Waals surface area contributed by atoms with E-state index in [0.717, 1.165) is 56.4 Å². The Balaban J connectivity index is 1.38. The van der Waals surface area contributed by atoms with Crippen LogP contribution in [0.5, 0.6) is 0 Å². The van der Waals surface area contributed by atoms with E-state index in [-0.39, 0.29) is 5.91 Å². The van der Waals surface area contributed by atoms with Gasteiger partial charge in [-0.3, -0.25) is 9.80 Å². The molecule has 1 saturated heterocycles. The highest BCUT2D eigenvalue weighted by molar-refractivity contribution is 6.04. The van der Waals surface area contributed by atoms with Crippen LogP contribution in [0.4, 0.5) is 17.2 Å². The number of hydrogen-bond donors (Lipinski definition) is 1. The molecule has 0 spiro atoms. The van der Waals surface area contributed by atoms with E-state index >= 15 is 0 Å². The summed E-state index contributed by atoms with van der Waals surface area (Å²) in [5, 5.41) is 9.29. The fourth-order valence-corrected chi connectivity index (χ4v) is 3.20. The van der Waals surface area contributed by atoms with Crippen LogP contribution in [0.15, 0.2) is 47.7 Å². The first kappa shape index (κ1) is 17.5. The average molecular weight is 365 g/mol. The molecule has 1 aromatic heterocycles. The molecule has 1 aromatic carbocycles. The van der Waals surface area contributed by atoms with E-state index in [2.05, 4.69) is 20.3 Å². The number of benzene rings is 1. The Morgan fingerprint density at radius 2 is 1.78 bits per heavy atom. The minimum absolute atomic E-state index is 0.172. The van der Waals surface area contributed by atoms with Gasteiger partial charge in [-0.2, -0.15) is 5.10 Å². The zero-order chi connectivity index (χ0) is 18.6. The van der Waals surface area contributed by atoms with Gasteiger partial charge < -0.3 is 15.0 Å². The van der Waals surface area contributed by atoms with E-state index < -0.39 is 0 Å². The van der Waals surface area contributed by atoms with Crippen LogP contribution < -0.4 is 15.2 Å². The maximum Gasteiger partial charge on any atom is 0.256 e. The highest BCUT2D eigenvalue weighted by atomic mass is 16.5. The van der Waals surface area contributed by atoms with Gasteiger partial charge in [0.25, 0.3) is 5.91 Å². The number of morpholine rings is 1. The van der Waals surface area contributed by atoms with Crippen molar-refractivity contribution in [2.24, 2.45) is 5.10 Å². The highest BCUT2D eigenvalue weighted by Gasteiger charge is 2.15. The topological polar surface area (TPSA) is 70.1 Å². The Morgan fingerprint density at radius 3 is 2.41 bits per heavy atom. The number of aromatic nitrogens is 1. The molecule has 0 saturated carbocycles. The first-order valence-corrected chi connectivity index (χ1v) is 9.21. The SMILES string of the molecule is CC1=NN(c2ccc(C(=O)Nc3ccc(N4CCOCC4)cn3)cc2)CC1. The van der Waals surface area contributed by atoms with Crippen molar-refractivity contribution >= 4 is 28.8 Å². The molecule has 1 amide bonds. The predicted octanol–water partition coefficient (Wildman–Crippen LogP) is 2.76. The summed E-state index contributed by atoms with van der Waals surface area (Å²) >= 11 is 0. The molecule has 0 radical (unpaired) electrons. The summed E-state index contributed by atoms with van der Waals surface area (Å²) < 4.78 is 5.36. The maximum absolute atomic E-state index is 12.5. The van der Waals surface area contributed by atoms with Gasteiger partial charge in [0.2, 0.25) is 0 Å². The van der Waals surface area contributed by atoms with Gasteiger partial charge in [-0.15, -0.1) is 0 Å². The normalized spacial score (nSPS) is 17.0. The molecule has 0 unspecified atom stereocenters. The van der Waals surface area contributed by atoms with Gasteiger partial charge >= 0.3 is 0 Å². The first-order valence-electron chi connectivity index (χ1n) is 9.21. The van der Waals surface area contributed by atoms with Gasteiger partial charge in [-0.1, -0.05) is 0 Å². The molecule has 7 heteroatoms. The lowest BCUT2D eigenvalue weighted by molar-refractivity contribution is 0.102. The lowest BCUT2D eigenvalue weighted by Gasteiger charge is -2.28. The van der Waals surface area contributed by atoms with Crippen LogP contribution in [0.3, 0.4) is 0 Å². The number of nitrogens with zero attached hydrogens (tertiary/aromatic N) is 4. The van der Waals surface area contributed by atoms with Gasteiger partial charge in [0, 0.05) is 37.3 Å². The van der Waals surface area contributed by atoms with E-state index in [1.54, 1.807) is 6.20 Å². The molecule has 1 N–H and O–H groups in total. The van der Waals surface area contributed by atoms with Crippen molar-refractivity contribution in [3.63, 3.8) is 0 Å². The summed E-state index contributed by atoms with van der Waals surface area (Å²) in [6.45, 7) is 6.10. The second-order valence-corrected chi connectivity index (χ2v) is 6.71. The number of pyridine rings is 1. The summed E-state index contributed by atoms with van der Waals surface area (Å²) in [5.41, 5.74) is 3.76. The third-order valence-corrected chi connectivity index (χ3v) is 4.77. The van der Waals surface area contributed by atoms with E-state index in [4.69, 9.17) is 4.74 Å². The van der Waals surface area contributed by atoms with Crippen molar-refractivity contribution < 1.29 is 9.53 Å². The lowest BCUT2D eigenvalue weighted by atomic mass is 10.2. The molecule has 140 valence electrons. The third-order valence-electron chi connectivity index (χ3n) is 4.77. The fraction of sp³-hybridized carbons (Fsp3) is 0.350. The Bertz CT molecular complexity index is 826. The van der Waals surface area contributed by atoms with Gasteiger partial charge in [0.05, 0.1) is 30.8 Å². The number of hydrogen-bond acceptors (Lipinski definition) is 6. The molecule has 27 heavy (non-hydrogen) atoms. The van der Waals surface area contributed by atoms with Crippen LogP contribution in [-0.4, -0.2) is 49.5 Å². The van der Waals surface area contributed by atoms with Crippen LogP contribution in [0.2, 0.25) is 0 Å². The highest BCUT2D eigenvalue weighted by Crippen LogP contribution is 2.21. The number of anilines is 3. The molecule has 2 aliphatic heterocycles. The molecule has 2 aliphatic rings. The fourth-order valence-electron chi connectivity index (χ4n) is 3.20. The number of carbonyl (C=O) groups excluding carboxylic acids is 1. The predicted molar refractivity (Wildman–Crippen MR) is 107 cm³/mol. The van der Waals surface area contributed by atoms with Gasteiger partial charge in [0.1, 0.15) is 5.82 Å². The molecule has 0 aliphatic carbocycles. The zero-order valence-corrected chi connectivity index (χ0v) is 15.4. The molecule has 7 nitrogen and oxygen atoms in total. The Labute approximate surface area is 158 Å². The summed E-state index contributed by atoms with van der Waals surface area (Å²) in [7, 11) is 0. The summed E-state index contributed by atoms with van der Waals surface area (Å²) in [4.78, 5) is 19.1. The van der Waals surface area contributed by atoms with Crippen molar-refractivity contribution in [1.29, 1.82) is 0 Å². The third kappa shape index (κ3) is 4.09. The molecule has 2 aromatic rings. The Kier molecular flexibility index (Phi) is 5.02. The molecular weight excluding hydrogens is 342 g/mol. The number of carbonyl (C=O) groups is 1. The standard InChI is InChI=1S/C20H23N5O2/c1-15-8-9-25(23-15)17-4-2-16(3-5-17)20(26)22-19-7-6-18(14-21-19)24-10-12-27-13-11-24/h2-7,14H,8-13H2,1H3,(H,21,22,26). The molecule has 4 rings (SSSR count). The zero-order valence-electron chi connectivity index (χ0n) is 15.4. The van der Waals surface area contributed by atoms with E-state index in [1.165, 1.54) is 0 Å². The van der Waals surface area contributed by atoms with Crippen LogP contribution in [-0.2, 0) is 4.74 Å². The van der Waals surface area contributed by atoms with Crippen LogP contribution in [0, 0.1) is 0 Å². The monoisotopic (exact) mass is 365 g/mol. The lowest BCUT2D eigenvalue weighted by Crippen LogP contribution is -2.36. The molecular formula is C20H23N5O2. The number of nitrogens with one attached hydrogen (secondary N) is 1. The maximum atomic E-state index is 12.5. The van der Waals surface area contributed by atoms with Gasteiger partial charge in [0.15, 0.2) is 0 Å². The van der Waals surface area contributed by atoms with Crippen molar-refractivity contribution in [3.05, 3.63) is 48.2 Å². The van der Waals surface area contributed by atoms with Crippen LogP contribution >= 0.6 is 0 Å². The van der Waals surface area contributed by atoms with E-state index in [9.17, 15) is 4.79 Å². The second kappa shape index (κ2) is 7.75. The quantitative estimate of drug-likeness (QED) is 0.902. The number of ether oxygens (including phenoxy) is 1. The van der Waals surface area contributed by atoms with Crippen molar-refractivity contribution in [3.8, 4) is 0 Å². The molecule has 3 heterocycles. The van der Waals surface area contributed by atoms with Gasteiger partial charge in [-0.25, -0.2) is 4.98 Å². The summed E-state index contributed by atoms with van der Waals surface area (Å²) in [6.07, 6.45) is 2.77. The largest absolute Gasteiger partial charge is 0.378 e. The second-order valence-electron chi connectivity index (χ2n) is 6.71. The number of hydrazone groups is 1. The molecule has 0 atom stereocenters. The van der Waals surface area contributed by atoms with Crippen molar-refractivity contribution in [2.75, 3.05) is 48.1 Å².